The standard InChI is InChI=1S/C8H13NO/c1-6(2)4-8-9-7(3)5-10-8/h5-6H,4H2,1-3H3. The molecule has 1 rings (SSSR count). The smallest absolute Gasteiger partial charge is 0.194 e. The first-order chi connectivity index (χ1) is 4.68. The van der Waals surface area contributed by atoms with Crippen LogP contribution in [0, 0.1) is 12.8 Å². The van der Waals surface area contributed by atoms with Gasteiger partial charge < -0.3 is 4.42 Å². The van der Waals surface area contributed by atoms with Crippen LogP contribution in [0.5, 0.6) is 0 Å². The van der Waals surface area contributed by atoms with Gasteiger partial charge >= 0.3 is 0 Å². The lowest BCUT2D eigenvalue weighted by atomic mass is 10.1. The van der Waals surface area contributed by atoms with Gasteiger partial charge in [-0.15, -0.1) is 0 Å². The highest BCUT2D eigenvalue weighted by Gasteiger charge is 2.02. The molecule has 1 aromatic rings. The summed E-state index contributed by atoms with van der Waals surface area (Å²) in [4.78, 5) is 4.18. The zero-order chi connectivity index (χ0) is 7.56. The van der Waals surface area contributed by atoms with E-state index in [9.17, 15) is 0 Å². The summed E-state index contributed by atoms with van der Waals surface area (Å²) in [5.74, 6) is 1.48. The average Bonchev–Trinajstić information content (AvgIpc) is 2.13. The van der Waals surface area contributed by atoms with Gasteiger partial charge in [-0.3, -0.25) is 0 Å². The van der Waals surface area contributed by atoms with E-state index in [-0.39, 0.29) is 0 Å². The van der Waals surface area contributed by atoms with E-state index in [0.717, 1.165) is 18.0 Å². The molecule has 10 heavy (non-hydrogen) atoms. The Morgan fingerprint density at radius 2 is 2.30 bits per heavy atom. The second-order valence-electron chi connectivity index (χ2n) is 2.98. The van der Waals surface area contributed by atoms with Gasteiger partial charge in [0.1, 0.15) is 6.26 Å². The first kappa shape index (κ1) is 7.32. The van der Waals surface area contributed by atoms with E-state index in [1.54, 1.807) is 6.26 Å². The van der Waals surface area contributed by atoms with Crippen LogP contribution < -0.4 is 0 Å². The zero-order valence-electron chi connectivity index (χ0n) is 6.72. The predicted octanol–water partition coefficient (Wildman–Crippen LogP) is 2.18. The topological polar surface area (TPSA) is 26.0 Å². The van der Waals surface area contributed by atoms with Crippen LogP contribution in [0.25, 0.3) is 0 Å². The first-order valence-corrected chi connectivity index (χ1v) is 3.59. The molecule has 0 N–H and O–H groups in total. The largest absolute Gasteiger partial charge is 0.449 e. The van der Waals surface area contributed by atoms with E-state index in [2.05, 4.69) is 18.8 Å². The van der Waals surface area contributed by atoms with Gasteiger partial charge in [0.25, 0.3) is 0 Å². The zero-order valence-corrected chi connectivity index (χ0v) is 6.72. The Balaban J connectivity index is 2.58. The van der Waals surface area contributed by atoms with Gasteiger partial charge in [0.2, 0.25) is 0 Å². The van der Waals surface area contributed by atoms with Crippen molar-refractivity contribution in [1.29, 1.82) is 0 Å². The highest BCUT2D eigenvalue weighted by molar-refractivity contribution is 4.93. The fourth-order valence-corrected chi connectivity index (χ4v) is 0.846. The third kappa shape index (κ3) is 1.87. The third-order valence-corrected chi connectivity index (χ3v) is 1.25. The van der Waals surface area contributed by atoms with Crippen molar-refractivity contribution in [2.45, 2.75) is 27.2 Å². The summed E-state index contributed by atoms with van der Waals surface area (Å²) < 4.78 is 5.16. The van der Waals surface area contributed by atoms with Gasteiger partial charge in [-0.2, -0.15) is 0 Å². The van der Waals surface area contributed by atoms with Crippen LogP contribution in [0.2, 0.25) is 0 Å². The summed E-state index contributed by atoms with van der Waals surface area (Å²) in [6, 6.07) is 0. The Labute approximate surface area is 61.3 Å². The van der Waals surface area contributed by atoms with Gasteiger partial charge in [0.05, 0.1) is 5.69 Å². The lowest BCUT2D eigenvalue weighted by Gasteiger charge is -1.96. The Morgan fingerprint density at radius 1 is 1.60 bits per heavy atom. The van der Waals surface area contributed by atoms with E-state index in [1.165, 1.54) is 0 Å². The molecule has 0 atom stereocenters. The van der Waals surface area contributed by atoms with Crippen LogP contribution in [0.15, 0.2) is 10.7 Å². The van der Waals surface area contributed by atoms with Gasteiger partial charge in [0.15, 0.2) is 5.89 Å². The maximum atomic E-state index is 5.16. The summed E-state index contributed by atoms with van der Waals surface area (Å²) in [5.41, 5.74) is 0.968. The molecule has 0 aliphatic heterocycles. The van der Waals surface area contributed by atoms with Crippen molar-refractivity contribution in [1.82, 2.24) is 4.98 Å². The van der Waals surface area contributed by atoms with Gasteiger partial charge in [-0.05, 0) is 12.8 Å². The fraction of sp³-hybridized carbons (Fsp3) is 0.625. The van der Waals surface area contributed by atoms with Gasteiger partial charge in [0, 0.05) is 6.42 Å². The summed E-state index contributed by atoms with van der Waals surface area (Å²) in [7, 11) is 0. The molecule has 1 aromatic heterocycles. The molecule has 0 spiro atoms. The predicted molar refractivity (Wildman–Crippen MR) is 39.8 cm³/mol. The number of hydrogen-bond acceptors (Lipinski definition) is 2. The normalized spacial score (nSPS) is 10.8. The first-order valence-electron chi connectivity index (χ1n) is 3.59. The number of aryl methyl sites for hydroxylation is 1. The minimum Gasteiger partial charge on any atom is -0.449 e. The average molecular weight is 139 g/mol. The van der Waals surface area contributed by atoms with Crippen LogP contribution in [-0.2, 0) is 6.42 Å². The quantitative estimate of drug-likeness (QED) is 0.627. The molecule has 0 unspecified atom stereocenters. The molecule has 0 aromatic carbocycles. The van der Waals surface area contributed by atoms with Gasteiger partial charge in [-0.1, -0.05) is 13.8 Å². The highest BCUT2D eigenvalue weighted by atomic mass is 16.3. The van der Waals surface area contributed by atoms with Crippen molar-refractivity contribution in [3.63, 3.8) is 0 Å². The van der Waals surface area contributed by atoms with Crippen molar-refractivity contribution in [3.05, 3.63) is 17.8 Å². The number of rotatable bonds is 2. The van der Waals surface area contributed by atoms with Crippen LogP contribution >= 0.6 is 0 Å². The van der Waals surface area contributed by atoms with E-state index >= 15 is 0 Å². The van der Waals surface area contributed by atoms with Gasteiger partial charge in [-0.25, -0.2) is 4.98 Å². The van der Waals surface area contributed by atoms with Crippen molar-refractivity contribution >= 4 is 0 Å². The minimum atomic E-state index is 0.623. The van der Waals surface area contributed by atoms with E-state index in [4.69, 9.17) is 4.42 Å². The minimum absolute atomic E-state index is 0.623. The second-order valence-corrected chi connectivity index (χ2v) is 2.98. The Kier molecular flexibility index (Phi) is 2.10. The molecule has 2 heteroatoms. The molecule has 0 saturated carbocycles. The number of nitrogens with zero attached hydrogens (tertiary/aromatic N) is 1. The molecule has 0 bridgehead atoms. The molecule has 0 fully saturated rings. The molecule has 0 aliphatic rings. The fourth-order valence-electron chi connectivity index (χ4n) is 0.846. The molecular formula is C8H13NO. The molecule has 56 valence electrons. The Hall–Kier alpha value is -0.790. The maximum Gasteiger partial charge on any atom is 0.194 e. The summed E-state index contributed by atoms with van der Waals surface area (Å²) in [6.45, 7) is 6.24. The summed E-state index contributed by atoms with van der Waals surface area (Å²) >= 11 is 0. The monoisotopic (exact) mass is 139 g/mol. The van der Waals surface area contributed by atoms with Crippen molar-refractivity contribution in [2.24, 2.45) is 5.92 Å². The van der Waals surface area contributed by atoms with E-state index in [1.807, 2.05) is 6.92 Å². The van der Waals surface area contributed by atoms with Crippen LogP contribution in [0.4, 0.5) is 0 Å². The SMILES string of the molecule is Cc1coc(CC(C)C)n1. The molecule has 0 aliphatic carbocycles. The van der Waals surface area contributed by atoms with Crippen LogP contribution in [-0.4, -0.2) is 4.98 Å². The molecule has 0 amide bonds. The summed E-state index contributed by atoms with van der Waals surface area (Å²) in [5, 5.41) is 0. The third-order valence-electron chi connectivity index (χ3n) is 1.25. The molecule has 0 saturated heterocycles. The lowest BCUT2D eigenvalue weighted by molar-refractivity contribution is 0.457. The van der Waals surface area contributed by atoms with E-state index < -0.39 is 0 Å². The van der Waals surface area contributed by atoms with Crippen LogP contribution in [0.1, 0.15) is 25.4 Å². The van der Waals surface area contributed by atoms with Crippen molar-refractivity contribution < 1.29 is 4.42 Å². The molecule has 2 nitrogen and oxygen atoms in total. The van der Waals surface area contributed by atoms with Crippen molar-refractivity contribution in [2.75, 3.05) is 0 Å². The summed E-state index contributed by atoms with van der Waals surface area (Å²) in [6.07, 6.45) is 2.63. The van der Waals surface area contributed by atoms with E-state index in [0.29, 0.717) is 5.92 Å². The second kappa shape index (κ2) is 2.86. The molecule has 1 heterocycles. The number of aromatic nitrogens is 1. The molecular weight excluding hydrogens is 126 g/mol. The highest BCUT2D eigenvalue weighted by Crippen LogP contribution is 2.06. The van der Waals surface area contributed by atoms with Crippen molar-refractivity contribution in [3.8, 4) is 0 Å². The Morgan fingerprint density at radius 3 is 2.70 bits per heavy atom. The number of hydrogen-bond donors (Lipinski definition) is 0. The lowest BCUT2D eigenvalue weighted by Crippen LogP contribution is -1.93. The molecule has 0 radical (unpaired) electrons. The Bertz CT molecular complexity index is 203. The van der Waals surface area contributed by atoms with Crippen LogP contribution in [0.3, 0.4) is 0 Å². The number of oxazole rings is 1. The maximum absolute atomic E-state index is 5.16.